The minimum absolute atomic E-state index is 0.147. The summed E-state index contributed by atoms with van der Waals surface area (Å²) < 4.78 is 55.6. The van der Waals surface area contributed by atoms with E-state index in [4.69, 9.17) is 0 Å². The van der Waals surface area contributed by atoms with Crippen molar-refractivity contribution < 1.29 is 22.0 Å². The summed E-state index contributed by atoms with van der Waals surface area (Å²) in [6, 6.07) is 4.89. The molecule has 0 saturated heterocycles. The van der Waals surface area contributed by atoms with Crippen molar-refractivity contribution in [1.29, 1.82) is 0 Å². The van der Waals surface area contributed by atoms with Crippen LogP contribution in [0, 0.1) is 11.6 Å². The van der Waals surface area contributed by atoms with Gasteiger partial charge in [-0.2, -0.15) is 5.10 Å². The molecule has 0 bridgehead atoms. The van der Waals surface area contributed by atoms with Crippen LogP contribution in [0.15, 0.2) is 24.3 Å². The third kappa shape index (κ3) is 3.24. The van der Waals surface area contributed by atoms with Crippen LogP contribution in [0.4, 0.5) is 14.6 Å². The number of aromatic nitrogens is 3. The molecule has 0 radical (unpaired) electrons. The van der Waals surface area contributed by atoms with Gasteiger partial charge in [0.25, 0.3) is 5.91 Å². The highest BCUT2D eigenvalue weighted by Crippen LogP contribution is 2.30. The minimum Gasteiger partial charge on any atom is -0.350 e. The van der Waals surface area contributed by atoms with Gasteiger partial charge in [-0.05, 0) is 25.0 Å². The summed E-state index contributed by atoms with van der Waals surface area (Å²) in [5.74, 6) is -1.57. The molecule has 0 unspecified atom stereocenters. The summed E-state index contributed by atoms with van der Waals surface area (Å²) in [6.45, 7) is 0.979. The maximum atomic E-state index is 13.9. The Morgan fingerprint density at radius 1 is 1.17 bits per heavy atom. The summed E-state index contributed by atoms with van der Waals surface area (Å²) >= 11 is 0. The lowest BCUT2D eigenvalue weighted by Crippen LogP contribution is -2.38. The van der Waals surface area contributed by atoms with Crippen LogP contribution in [-0.4, -0.2) is 45.8 Å². The average Bonchev–Trinajstić information content (AvgIpc) is 3.32. The number of aromatic amines is 1. The van der Waals surface area contributed by atoms with Crippen LogP contribution in [0.5, 0.6) is 0 Å². The van der Waals surface area contributed by atoms with Crippen molar-refractivity contribution in [2.45, 2.75) is 31.2 Å². The fourth-order valence-corrected chi connectivity index (χ4v) is 4.86. The number of hydrogen-bond donors (Lipinski definition) is 2. The number of rotatable bonds is 4. The number of nitrogens with one attached hydrogen (secondary N) is 2. The summed E-state index contributed by atoms with van der Waals surface area (Å²) in [7, 11) is -3.41. The fraction of sp³-hybridized carbons (Fsp3) is 0.333. The lowest BCUT2D eigenvalue weighted by Gasteiger charge is -2.27. The third-order valence-corrected chi connectivity index (χ3v) is 7.02. The molecule has 8 nitrogen and oxygen atoms in total. The highest BCUT2D eigenvalue weighted by atomic mass is 32.2. The number of H-pyrrole nitrogens is 1. The van der Waals surface area contributed by atoms with E-state index in [1.54, 1.807) is 15.6 Å². The molecular weight excluding hydrogens is 404 g/mol. The normalized spacial score (nSPS) is 16.8. The zero-order valence-corrected chi connectivity index (χ0v) is 16.0. The quantitative estimate of drug-likeness (QED) is 0.675. The van der Waals surface area contributed by atoms with E-state index >= 15 is 0 Å². The Bertz CT molecular complexity index is 1250. The molecule has 0 spiro atoms. The van der Waals surface area contributed by atoms with Gasteiger partial charge in [-0.25, -0.2) is 17.2 Å². The van der Waals surface area contributed by atoms with E-state index in [0.29, 0.717) is 31.6 Å². The molecule has 3 heterocycles. The Morgan fingerprint density at radius 2 is 1.97 bits per heavy atom. The molecule has 1 fully saturated rings. The topological polar surface area (TPSA) is 100 Å². The van der Waals surface area contributed by atoms with E-state index in [1.807, 2.05) is 0 Å². The van der Waals surface area contributed by atoms with Crippen molar-refractivity contribution in [1.82, 2.24) is 19.7 Å². The molecule has 1 aromatic carbocycles. The van der Waals surface area contributed by atoms with Crippen molar-refractivity contribution in [3.8, 4) is 0 Å². The molecular formula is C18H17F2N5O3S. The molecule has 5 rings (SSSR count). The second-order valence-electron chi connectivity index (χ2n) is 7.35. The van der Waals surface area contributed by atoms with E-state index in [9.17, 15) is 22.0 Å². The SMILES string of the molecule is O=C(c1cc2c(F)cc(F)cc2[nH]1)N1CCn2nc(NS(=O)(=O)C3CC3)cc2C1. The zero-order chi connectivity index (χ0) is 20.3. The van der Waals surface area contributed by atoms with Crippen molar-refractivity contribution >= 4 is 32.7 Å². The van der Waals surface area contributed by atoms with E-state index in [0.717, 1.165) is 12.1 Å². The van der Waals surface area contributed by atoms with Crippen molar-refractivity contribution in [2.75, 3.05) is 11.3 Å². The number of halogens is 2. The van der Waals surface area contributed by atoms with Crippen LogP contribution in [0.2, 0.25) is 0 Å². The molecule has 2 aromatic heterocycles. The van der Waals surface area contributed by atoms with Gasteiger partial charge in [0, 0.05) is 24.1 Å². The minimum atomic E-state index is -3.41. The number of benzene rings is 1. The van der Waals surface area contributed by atoms with Gasteiger partial charge in [0.05, 0.1) is 29.6 Å². The van der Waals surface area contributed by atoms with E-state index in [-0.39, 0.29) is 40.1 Å². The molecule has 152 valence electrons. The Morgan fingerprint density at radius 3 is 2.72 bits per heavy atom. The van der Waals surface area contributed by atoms with Crippen LogP contribution >= 0.6 is 0 Å². The number of hydrogen-bond acceptors (Lipinski definition) is 4. The predicted molar refractivity (Wildman–Crippen MR) is 101 cm³/mol. The first-order valence-electron chi connectivity index (χ1n) is 9.15. The van der Waals surface area contributed by atoms with Crippen LogP contribution in [-0.2, 0) is 23.1 Å². The second-order valence-corrected chi connectivity index (χ2v) is 9.31. The first kappa shape index (κ1) is 18.1. The molecule has 1 amide bonds. The summed E-state index contributed by atoms with van der Waals surface area (Å²) in [5, 5.41) is 4.05. The Labute approximate surface area is 164 Å². The predicted octanol–water partition coefficient (Wildman–Crippen LogP) is 2.20. The number of anilines is 1. The zero-order valence-electron chi connectivity index (χ0n) is 15.2. The van der Waals surface area contributed by atoms with E-state index in [1.165, 1.54) is 6.07 Å². The van der Waals surface area contributed by atoms with E-state index in [2.05, 4.69) is 14.8 Å². The molecule has 29 heavy (non-hydrogen) atoms. The molecule has 1 saturated carbocycles. The molecule has 1 aliphatic carbocycles. The number of carbonyl (C=O) groups is 1. The number of carbonyl (C=O) groups excluding carboxylic acids is 1. The monoisotopic (exact) mass is 421 g/mol. The lowest BCUT2D eigenvalue weighted by molar-refractivity contribution is 0.0701. The molecule has 2 N–H and O–H groups in total. The average molecular weight is 421 g/mol. The summed E-state index contributed by atoms with van der Waals surface area (Å²) in [4.78, 5) is 17.2. The van der Waals surface area contributed by atoms with Crippen LogP contribution in [0.25, 0.3) is 10.9 Å². The largest absolute Gasteiger partial charge is 0.350 e. The Hall–Kier alpha value is -2.95. The molecule has 11 heteroatoms. The van der Waals surface area contributed by atoms with Gasteiger partial charge in [-0.15, -0.1) is 0 Å². The van der Waals surface area contributed by atoms with Crippen LogP contribution in [0.3, 0.4) is 0 Å². The first-order chi connectivity index (χ1) is 13.8. The Kier molecular flexibility index (Phi) is 3.92. The first-order valence-corrected chi connectivity index (χ1v) is 10.7. The van der Waals surface area contributed by atoms with Crippen molar-refractivity contribution in [3.63, 3.8) is 0 Å². The van der Waals surface area contributed by atoms with Crippen LogP contribution in [0.1, 0.15) is 29.0 Å². The number of fused-ring (bicyclic) bond motifs is 2. The number of sulfonamides is 1. The molecule has 2 aliphatic rings. The van der Waals surface area contributed by atoms with Crippen LogP contribution < -0.4 is 4.72 Å². The van der Waals surface area contributed by atoms with Gasteiger partial charge in [-0.1, -0.05) is 0 Å². The molecule has 0 atom stereocenters. The second kappa shape index (κ2) is 6.28. The van der Waals surface area contributed by atoms with Gasteiger partial charge >= 0.3 is 0 Å². The van der Waals surface area contributed by atoms with Crippen molar-refractivity contribution in [2.24, 2.45) is 0 Å². The number of amides is 1. The Balaban J connectivity index is 1.36. The maximum Gasteiger partial charge on any atom is 0.270 e. The maximum absolute atomic E-state index is 13.9. The smallest absolute Gasteiger partial charge is 0.270 e. The highest BCUT2D eigenvalue weighted by Gasteiger charge is 2.36. The van der Waals surface area contributed by atoms with Gasteiger partial charge in [0.1, 0.15) is 17.3 Å². The molecule has 3 aromatic rings. The standard InChI is InChI=1S/C18H17F2N5O3S/c19-10-5-14(20)13-8-16(21-15(13)6-10)18(26)24-3-4-25-11(9-24)7-17(22-25)23-29(27,28)12-1-2-12/h5-8,12,21H,1-4,9H2,(H,22,23). The summed E-state index contributed by atoms with van der Waals surface area (Å²) in [5.41, 5.74) is 1.06. The highest BCUT2D eigenvalue weighted by molar-refractivity contribution is 7.93. The third-order valence-electron chi connectivity index (χ3n) is 5.18. The lowest BCUT2D eigenvalue weighted by atomic mass is 10.2. The fourth-order valence-electron chi connectivity index (χ4n) is 3.54. The molecule has 1 aliphatic heterocycles. The van der Waals surface area contributed by atoms with Crippen molar-refractivity contribution in [3.05, 3.63) is 47.3 Å². The summed E-state index contributed by atoms with van der Waals surface area (Å²) in [6.07, 6.45) is 1.31. The van der Waals surface area contributed by atoms with E-state index < -0.39 is 21.7 Å². The number of nitrogens with zero attached hydrogens (tertiary/aromatic N) is 3. The van der Waals surface area contributed by atoms with Gasteiger partial charge < -0.3 is 9.88 Å². The van der Waals surface area contributed by atoms with Gasteiger partial charge in [0.2, 0.25) is 10.0 Å². The van der Waals surface area contributed by atoms with Gasteiger partial charge in [-0.3, -0.25) is 14.2 Å². The van der Waals surface area contributed by atoms with Gasteiger partial charge in [0.15, 0.2) is 5.82 Å².